The summed E-state index contributed by atoms with van der Waals surface area (Å²) >= 11 is 6.11. The first-order chi connectivity index (χ1) is 11.0. The van der Waals surface area contributed by atoms with Gasteiger partial charge in [0.15, 0.2) is 16.6 Å². The predicted molar refractivity (Wildman–Crippen MR) is 86.2 cm³/mol. The minimum absolute atomic E-state index is 0.000656. The zero-order valence-corrected chi connectivity index (χ0v) is 14.1. The summed E-state index contributed by atoms with van der Waals surface area (Å²) in [5.41, 5.74) is 2.62. The van der Waals surface area contributed by atoms with Crippen molar-refractivity contribution >= 4 is 22.8 Å². The van der Waals surface area contributed by atoms with E-state index < -0.39 is 5.79 Å². The van der Waals surface area contributed by atoms with E-state index in [1.807, 2.05) is 18.4 Å². The number of aromatic nitrogens is 4. The first kappa shape index (κ1) is 15.1. The van der Waals surface area contributed by atoms with E-state index in [1.165, 1.54) is 11.9 Å². The molecular weight excluding hydrogens is 316 g/mol. The average molecular weight is 335 g/mol. The molecule has 3 heterocycles. The molecule has 122 valence electrons. The molecule has 2 aromatic rings. The third kappa shape index (κ3) is 2.36. The fourth-order valence-electron chi connectivity index (χ4n) is 3.53. The Morgan fingerprint density at radius 3 is 2.87 bits per heavy atom. The van der Waals surface area contributed by atoms with E-state index in [9.17, 15) is 0 Å². The Bertz CT molecular complexity index is 785. The second-order valence-corrected chi connectivity index (χ2v) is 6.85. The highest BCUT2D eigenvalue weighted by Crippen LogP contribution is 2.45. The van der Waals surface area contributed by atoms with Crippen LogP contribution >= 0.6 is 11.6 Å². The summed E-state index contributed by atoms with van der Waals surface area (Å²) in [7, 11) is 0. The van der Waals surface area contributed by atoms with E-state index in [-0.39, 0.29) is 18.2 Å². The Hall–Kier alpha value is -1.50. The minimum Gasteiger partial charge on any atom is -0.342 e. The normalized spacial score (nSPS) is 29.0. The summed E-state index contributed by atoms with van der Waals surface area (Å²) in [6.45, 7) is 6.08. The molecule has 1 fully saturated rings. The summed E-state index contributed by atoms with van der Waals surface area (Å²) < 4.78 is 14.3. The summed E-state index contributed by atoms with van der Waals surface area (Å²) in [5, 5.41) is 0.366. The molecule has 1 saturated heterocycles. The summed E-state index contributed by atoms with van der Waals surface area (Å²) in [5.74, 6) is -0.580. The van der Waals surface area contributed by atoms with E-state index in [4.69, 9.17) is 21.1 Å². The summed E-state index contributed by atoms with van der Waals surface area (Å²) in [4.78, 5) is 12.7. The van der Waals surface area contributed by atoms with E-state index in [0.717, 1.165) is 18.5 Å². The van der Waals surface area contributed by atoms with Gasteiger partial charge in [-0.15, -0.1) is 0 Å². The molecule has 7 heteroatoms. The fourth-order valence-corrected chi connectivity index (χ4v) is 3.71. The number of imidazole rings is 1. The molecule has 3 unspecified atom stereocenters. The van der Waals surface area contributed by atoms with Crippen molar-refractivity contribution in [2.45, 2.75) is 57.6 Å². The SMILES string of the molecule is CCCC1=CC(n2cnc3c(Cl)ncnc32)C2OC(C)(C)OC12. The zero-order chi connectivity index (χ0) is 16.2. The van der Waals surface area contributed by atoms with Gasteiger partial charge in [0, 0.05) is 0 Å². The van der Waals surface area contributed by atoms with Crippen molar-refractivity contribution in [3.8, 4) is 0 Å². The highest BCUT2D eigenvalue weighted by atomic mass is 35.5. The molecule has 0 spiro atoms. The zero-order valence-electron chi connectivity index (χ0n) is 13.4. The van der Waals surface area contributed by atoms with Crippen LogP contribution in [0.3, 0.4) is 0 Å². The molecule has 1 aliphatic carbocycles. The monoisotopic (exact) mass is 334 g/mol. The van der Waals surface area contributed by atoms with E-state index in [2.05, 4.69) is 28.0 Å². The lowest BCUT2D eigenvalue weighted by molar-refractivity contribution is -0.147. The standard InChI is InChI=1S/C16H19ClN4O2/c1-4-5-9-6-10(13-12(9)22-16(2,3)23-13)21-8-20-11-14(17)18-7-19-15(11)21/h6-8,10,12-13H,4-5H2,1-3H3. The van der Waals surface area contributed by atoms with Crippen LogP contribution in [0.5, 0.6) is 0 Å². The van der Waals surface area contributed by atoms with E-state index >= 15 is 0 Å². The van der Waals surface area contributed by atoms with Gasteiger partial charge in [-0.2, -0.15) is 0 Å². The van der Waals surface area contributed by atoms with Crippen molar-refractivity contribution in [2.75, 3.05) is 0 Å². The van der Waals surface area contributed by atoms with E-state index in [1.54, 1.807) is 6.33 Å². The number of hydrogen-bond acceptors (Lipinski definition) is 5. The smallest absolute Gasteiger partial charge is 0.165 e. The molecule has 23 heavy (non-hydrogen) atoms. The molecule has 1 aliphatic heterocycles. The number of rotatable bonds is 3. The van der Waals surface area contributed by atoms with Gasteiger partial charge in [-0.05, 0) is 25.8 Å². The van der Waals surface area contributed by atoms with Crippen LogP contribution in [0, 0.1) is 0 Å². The topological polar surface area (TPSA) is 62.1 Å². The summed E-state index contributed by atoms with van der Waals surface area (Å²) in [6.07, 6.45) is 7.44. The molecule has 6 nitrogen and oxygen atoms in total. The number of ether oxygens (including phenoxy) is 2. The highest BCUT2D eigenvalue weighted by Gasteiger charge is 2.50. The second-order valence-electron chi connectivity index (χ2n) is 6.49. The minimum atomic E-state index is -0.580. The molecular formula is C16H19ClN4O2. The van der Waals surface area contributed by atoms with Gasteiger partial charge in [0.25, 0.3) is 0 Å². The van der Waals surface area contributed by atoms with Crippen LogP contribution in [0.15, 0.2) is 24.3 Å². The largest absolute Gasteiger partial charge is 0.342 e. The van der Waals surface area contributed by atoms with Crippen LogP contribution in [0.4, 0.5) is 0 Å². The molecule has 0 N–H and O–H groups in total. The third-order valence-electron chi connectivity index (χ3n) is 4.39. The molecule has 0 saturated carbocycles. The Morgan fingerprint density at radius 2 is 2.09 bits per heavy atom. The van der Waals surface area contributed by atoms with Crippen molar-refractivity contribution < 1.29 is 9.47 Å². The number of nitrogens with zero attached hydrogens (tertiary/aromatic N) is 4. The number of hydrogen-bond donors (Lipinski definition) is 0. The van der Waals surface area contributed by atoms with Crippen molar-refractivity contribution in [1.82, 2.24) is 19.5 Å². The molecule has 3 atom stereocenters. The number of fused-ring (bicyclic) bond motifs is 2. The Balaban J connectivity index is 1.79. The van der Waals surface area contributed by atoms with Crippen LogP contribution in [0.2, 0.25) is 5.15 Å². The molecule has 0 amide bonds. The maximum absolute atomic E-state index is 6.17. The third-order valence-corrected chi connectivity index (χ3v) is 4.67. The lowest BCUT2D eigenvalue weighted by atomic mass is 10.1. The first-order valence-corrected chi connectivity index (χ1v) is 8.27. The van der Waals surface area contributed by atoms with Gasteiger partial charge in [0.1, 0.15) is 24.1 Å². The van der Waals surface area contributed by atoms with Gasteiger partial charge in [0.05, 0.1) is 12.4 Å². The van der Waals surface area contributed by atoms with Gasteiger partial charge in [0.2, 0.25) is 0 Å². The molecule has 4 rings (SSSR count). The predicted octanol–water partition coefficient (Wildman–Crippen LogP) is 3.28. The Labute approximate surface area is 139 Å². The van der Waals surface area contributed by atoms with Gasteiger partial charge >= 0.3 is 0 Å². The molecule has 0 radical (unpaired) electrons. The summed E-state index contributed by atoms with van der Waals surface area (Å²) in [6, 6.07) is -0.000656. The lowest BCUT2D eigenvalue weighted by Crippen LogP contribution is -2.27. The van der Waals surface area contributed by atoms with Crippen LogP contribution in [0.25, 0.3) is 11.2 Å². The van der Waals surface area contributed by atoms with Gasteiger partial charge in [-0.3, -0.25) is 0 Å². The highest BCUT2D eigenvalue weighted by molar-refractivity contribution is 6.33. The van der Waals surface area contributed by atoms with Crippen LogP contribution in [-0.2, 0) is 9.47 Å². The fraction of sp³-hybridized carbons (Fsp3) is 0.562. The van der Waals surface area contributed by atoms with Crippen LogP contribution in [0.1, 0.15) is 39.7 Å². The van der Waals surface area contributed by atoms with Gasteiger partial charge in [-0.1, -0.05) is 31.0 Å². The van der Waals surface area contributed by atoms with Gasteiger partial charge < -0.3 is 14.0 Å². The maximum Gasteiger partial charge on any atom is 0.165 e. The Morgan fingerprint density at radius 1 is 1.26 bits per heavy atom. The number of halogens is 1. The van der Waals surface area contributed by atoms with Gasteiger partial charge in [-0.25, -0.2) is 15.0 Å². The van der Waals surface area contributed by atoms with E-state index in [0.29, 0.717) is 10.7 Å². The molecule has 0 bridgehead atoms. The van der Waals surface area contributed by atoms with Crippen molar-refractivity contribution in [3.63, 3.8) is 0 Å². The molecule has 0 aromatic carbocycles. The Kier molecular flexibility index (Phi) is 3.44. The molecule has 2 aromatic heterocycles. The quantitative estimate of drug-likeness (QED) is 0.636. The van der Waals surface area contributed by atoms with Crippen molar-refractivity contribution in [3.05, 3.63) is 29.5 Å². The van der Waals surface area contributed by atoms with Crippen LogP contribution in [-0.4, -0.2) is 37.5 Å². The lowest BCUT2D eigenvalue weighted by Gasteiger charge is -2.21. The van der Waals surface area contributed by atoms with Crippen molar-refractivity contribution in [2.24, 2.45) is 0 Å². The second kappa shape index (κ2) is 5.26. The van der Waals surface area contributed by atoms with Crippen molar-refractivity contribution in [1.29, 1.82) is 0 Å². The van der Waals surface area contributed by atoms with Crippen LogP contribution < -0.4 is 0 Å². The first-order valence-electron chi connectivity index (χ1n) is 7.89. The maximum atomic E-state index is 6.17. The molecule has 2 aliphatic rings. The average Bonchev–Trinajstić information content (AvgIpc) is 3.13.